The van der Waals surface area contributed by atoms with Crippen molar-refractivity contribution in [3.8, 4) is 0 Å². The molecule has 5 heteroatoms. The molecule has 0 aliphatic rings. The fraction of sp³-hybridized carbons (Fsp3) is 0.333. The van der Waals surface area contributed by atoms with E-state index in [1.165, 1.54) is 6.08 Å². The Hall–Kier alpha value is -1.81. The Bertz CT molecular complexity index is 524. The molecule has 0 bridgehead atoms. The largest absolute Gasteiger partial charge is 0.481 e. The molecule has 0 saturated heterocycles. The van der Waals surface area contributed by atoms with Gasteiger partial charge in [0.15, 0.2) is 0 Å². The zero-order valence-corrected chi connectivity index (χ0v) is 12.3. The van der Waals surface area contributed by atoms with Crippen LogP contribution in [0.1, 0.15) is 32.3 Å². The SMILES string of the molecule is CC(C)(CCC(=O)O)NC(=O)C=Cc1ccccc1Cl. The summed E-state index contributed by atoms with van der Waals surface area (Å²) in [6, 6.07) is 7.20. The van der Waals surface area contributed by atoms with Gasteiger partial charge in [-0.15, -0.1) is 0 Å². The van der Waals surface area contributed by atoms with Crippen LogP contribution in [0.15, 0.2) is 30.3 Å². The maximum Gasteiger partial charge on any atom is 0.303 e. The Labute approximate surface area is 123 Å². The summed E-state index contributed by atoms with van der Waals surface area (Å²) < 4.78 is 0. The predicted octanol–water partition coefficient (Wildman–Crippen LogP) is 3.11. The highest BCUT2D eigenvalue weighted by molar-refractivity contribution is 6.32. The summed E-state index contributed by atoms with van der Waals surface area (Å²) in [7, 11) is 0. The second kappa shape index (κ2) is 7.10. The monoisotopic (exact) mass is 295 g/mol. The van der Waals surface area contributed by atoms with Crippen molar-refractivity contribution in [3.63, 3.8) is 0 Å². The molecular weight excluding hydrogens is 278 g/mol. The molecule has 108 valence electrons. The van der Waals surface area contributed by atoms with E-state index in [0.717, 1.165) is 5.56 Å². The molecule has 1 aromatic rings. The van der Waals surface area contributed by atoms with E-state index in [0.29, 0.717) is 11.4 Å². The van der Waals surface area contributed by atoms with Crippen LogP contribution in [-0.4, -0.2) is 22.5 Å². The van der Waals surface area contributed by atoms with Crippen molar-refractivity contribution in [2.24, 2.45) is 0 Å². The van der Waals surface area contributed by atoms with Crippen LogP contribution in [0.4, 0.5) is 0 Å². The Morgan fingerprint density at radius 2 is 2.00 bits per heavy atom. The van der Waals surface area contributed by atoms with E-state index in [2.05, 4.69) is 5.32 Å². The van der Waals surface area contributed by atoms with Crippen LogP contribution in [0.2, 0.25) is 5.02 Å². The fourth-order valence-electron chi connectivity index (χ4n) is 1.63. The normalized spacial score (nSPS) is 11.6. The average Bonchev–Trinajstić information content (AvgIpc) is 2.35. The minimum atomic E-state index is -0.876. The molecule has 20 heavy (non-hydrogen) atoms. The number of hydrogen-bond acceptors (Lipinski definition) is 2. The Morgan fingerprint density at radius 3 is 2.60 bits per heavy atom. The van der Waals surface area contributed by atoms with Gasteiger partial charge in [0, 0.05) is 23.1 Å². The second-order valence-electron chi connectivity index (χ2n) is 5.12. The highest BCUT2D eigenvalue weighted by Crippen LogP contribution is 2.16. The maximum absolute atomic E-state index is 11.8. The lowest BCUT2D eigenvalue weighted by Crippen LogP contribution is -2.42. The minimum absolute atomic E-state index is 0.0154. The van der Waals surface area contributed by atoms with Crippen LogP contribution in [-0.2, 0) is 9.59 Å². The summed E-state index contributed by atoms with van der Waals surface area (Å²) in [6.07, 6.45) is 3.41. The van der Waals surface area contributed by atoms with Gasteiger partial charge in [-0.1, -0.05) is 29.8 Å². The number of benzene rings is 1. The molecule has 0 heterocycles. The Morgan fingerprint density at radius 1 is 1.35 bits per heavy atom. The number of amides is 1. The lowest BCUT2D eigenvalue weighted by Gasteiger charge is -2.24. The second-order valence-corrected chi connectivity index (χ2v) is 5.53. The van der Waals surface area contributed by atoms with Crippen LogP contribution >= 0.6 is 11.6 Å². The zero-order valence-electron chi connectivity index (χ0n) is 11.5. The first-order valence-electron chi connectivity index (χ1n) is 6.27. The van der Waals surface area contributed by atoms with E-state index >= 15 is 0 Å². The number of rotatable bonds is 6. The van der Waals surface area contributed by atoms with E-state index in [4.69, 9.17) is 16.7 Å². The van der Waals surface area contributed by atoms with Gasteiger partial charge in [-0.3, -0.25) is 9.59 Å². The molecule has 0 unspecified atom stereocenters. The molecule has 1 rings (SSSR count). The van der Waals surface area contributed by atoms with Gasteiger partial charge in [0.1, 0.15) is 0 Å². The molecule has 0 fully saturated rings. The molecule has 0 radical (unpaired) electrons. The summed E-state index contributed by atoms with van der Waals surface area (Å²) in [5.41, 5.74) is 0.188. The van der Waals surface area contributed by atoms with Gasteiger partial charge in [-0.2, -0.15) is 0 Å². The number of aliphatic carboxylic acids is 1. The highest BCUT2D eigenvalue weighted by Gasteiger charge is 2.20. The smallest absolute Gasteiger partial charge is 0.303 e. The first-order valence-corrected chi connectivity index (χ1v) is 6.64. The summed E-state index contributed by atoms with van der Waals surface area (Å²) in [5.74, 6) is -1.15. The van der Waals surface area contributed by atoms with Crippen molar-refractivity contribution >= 4 is 29.6 Å². The first-order chi connectivity index (χ1) is 9.30. The predicted molar refractivity (Wildman–Crippen MR) is 79.6 cm³/mol. The number of hydrogen-bond donors (Lipinski definition) is 2. The minimum Gasteiger partial charge on any atom is -0.481 e. The van der Waals surface area contributed by atoms with Gasteiger partial charge in [0.05, 0.1) is 0 Å². The number of carbonyl (C=O) groups is 2. The molecule has 2 N–H and O–H groups in total. The van der Waals surface area contributed by atoms with E-state index < -0.39 is 11.5 Å². The van der Waals surface area contributed by atoms with Crippen molar-refractivity contribution in [3.05, 3.63) is 40.9 Å². The third kappa shape index (κ3) is 5.89. The van der Waals surface area contributed by atoms with Crippen molar-refractivity contribution in [1.29, 1.82) is 0 Å². The lowest BCUT2D eigenvalue weighted by molar-refractivity contribution is -0.137. The molecule has 0 aromatic heterocycles. The molecule has 0 aliphatic carbocycles. The average molecular weight is 296 g/mol. The third-order valence-corrected chi connectivity index (χ3v) is 3.09. The number of carbonyl (C=O) groups excluding carboxylic acids is 1. The molecule has 0 spiro atoms. The van der Waals surface area contributed by atoms with Gasteiger partial charge in [0.25, 0.3) is 0 Å². The highest BCUT2D eigenvalue weighted by atomic mass is 35.5. The van der Waals surface area contributed by atoms with Crippen LogP contribution in [0.25, 0.3) is 6.08 Å². The van der Waals surface area contributed by atoms with E-state index in [9.17, 15) is 9.59 Å². The van der Waals surface area contributed by atoms with Crippen LogP contribution < -0.4 is 5.32 Å². The molecule has 0 saturated carbocycles. The summed E-state index contributed by atoms with van der Waals surface area (Å²) in [5, 5.41) is 12.0. The standard InChI is InChI=1S/C15H18ClNO3/c1-15(2,10-9-14(19)20)17-13(18)8-7-11-5-3-4-6-12(11)16/h3-8H,9-10H2,1-2H3,(H,17,18)(H,19,20). The Kier molecular flexibility index (Phi) is 5.77. The van der Waals surface area contributed by atoms with Crippen molar-refractivity contribution < 1.29 is 14.7 Å². The Balaban J connectivity index is 2.59. The summed E-state index contributed by atoms with van der Waals surface area (Å²) in [6.45, 7) is 3.58. The van der Waals surface area contributed by atoms with Crippen molar-refractivity contribution in [2.75, 3.05) is 0 Å². The van der Waals surface area contributed by atoms with E-state index in [1.807, 2.05) is 18.2 Å². The number of halogens is 1. The van der Waals surface area contributed by atoms with E-state index in [1.54, 1.807) is 26.0 Å². The number of carboxylic acid groups (broad SMARTS) is 1. The fourth-order valence-corrected chi connectivity index (χ4v) is 1.83. The summed E-state index contributed by atoms with van der Waals surface area (Å²) in [4.78, 5) is 22.3. The van der Waals surface area contributed by atoms with Crippen LogP contribution in [0.3, 0.4) is 0 Å². The molecule has 1 aromatic carbocycles. The number of nitrogens with one attached hydrogen (secondary N) is 1. The first kappa shape index (κ1) is 16.2. The zero-order chi connectivity index (χ0) is 15.2. The molecule has 0 aliphatic heterocycles. The molecule has 0 atom stereocenters. The third-order valence-electron chi connectivity index (χ3n) is 2.74. The van der Waals surface area contributed by atoms with E-state index in [-0.39, 0.29) is 12.3 Å². The van der Waals surface area contributed by atoms with Gasteiger partial charge >= 0.3 is 5.97 Å². The van der Waals surface area contributed by atoms with Gasteiger partial charge < -0.3 is 10.4 Å². The molecule has 4 nitrogen and oxygen atoms in total. The van der Waals surface area contributed by atoms with Crippen LogP contribution in [0, 0.1) is 0 Å². The van der Waals surface area contributed by atoms with Crippen molar-refractivity contribution in [2.45, 2.75) is 32.2 Å². The number of carboxylic acids is 1. The van der Waals surface area contributed by atoms with Gasteiger partial charge in [0.2, 0.25) is 5.91 Å². The van der Waals surface area contributed by atoms with Gasteiger partial charge in [-0.05, 0) is 38.0 Å². The van der Waals surface area contributed by atoms with Gasteiger partial charge in [-0.25, -0.2) is 0 Å². The maximum atomic E-state index is 11.8. The quantitative estimate of drug-likeness (QED) is 0.793. The summed E-state index contributed by atoms with van der Waals surface area (Å²) >= 11 is 5.98. The van der Waals surface area contributed by atoms with Crippen molar-refractivity contribution in [1.82, 2.24) is 5.32 Å². The van der Waals surface area contributed by atoms with Crippen LogP contribution in [0.5, 0.6) is 0 Å². The topological polar surface area (TPSA) is 66.4 Å². The molecule has 1 amide bonds. The lowest BCUT2D eigenvalue weighted by atomic mass is 9.98. The molecular formula is C15H18ClNO3.